The number of benzene rings is 1. The molecule has 0 spiro atoms. The van der Waals surface area contributed by atoms with Crippen molar-refractivity contribution in [3.05, 3.63) is 58.4 Å². The predicted molar refractivity (Wildman–Crippen MR) is 84.3 cm³/mol. The Morgan fingerprint density at radius 1 is 1.30 bits per heavy atom. The van der Waals surface area contributed by atoms with Crippen LogP contribution < -0.4 is 5.32 Å². The topological polar surface area (TPSA) is 17.0 Å². The van der Waals surface area contributed by atoms with E-state index in [0.29, 0.717) is 6.04 Å². The number of fused-ring (bicyclic) bond motifs is 1. The molecule has 2 aromatic rings. The van der Waals surface area contributed by atoms with E-state index in [1.54, 1.807) is 0 Å². The van der Waals surface area contributed by atoms with E-state index in [-0.39, 0.29) is 0 Å². The zero-order valence-electron chi connectivity index (χ0n) is 11.9. The molecule has 0 bridgehead atoms. The number of aromatic nitrogens is 1. The molecule has 0 saturated carbocycles. The van der Waals surface area contributed by atoms with Gasteiger partial charge in [-0.1, -0.05) is 36.7 Å². The van der Waals surface area contributed by atoms with Crippen molar-refractivity contribution in [2.75, 3.05) is 6.54 Å². The van der Waals surface area contributed by atoms with Gasteiger partial charge in [-0.05, 0) is 48.6 Å². The van der Waals surface area contributed by atoms with Gasteiger partial charge < -0.3 is 9.88 Å². The number of hydrogen-bond donors (Lipinski definition) is 1. The number of rotatable bonds is 4. The molecule has 0 saturated heterocycles. The van der Waals surface area contributed by atoms with Crippen molar-refractivity contribution in [2.45, 2.75) is 38.8 Å². The quantitative estimate of drug-likeness (QED) is 0.893. The highest BCUT2D eigenvalue weighted by Crippen LogP contribution is 2.31. The highest BCUT2D eigenvalue weighted by Gasteiger charge is 2.21. The van der Waals surface area contributed by atoms with Crippen LogP contribution >= 0.6 is 11.6 Å². The summed E-state index contributed by atoms with van der Waals surface area (Å²) in [5.74, 6) is 0. The van der Waals surface area contributed by atoms with E-state index in [9.17, 15) is 0 Å². The Bertz CT molecular complexity index is 588. The van der Waals surface area contributed by atoms with Gasteiger partial charge in [0.15, 0.2) is 0 Å². The van der Waals surface area contributed by atoms with Crippen LogP contribution in [0.5, 0.6) is 0 Å². The van der Waals surface area contributed by atoms with Gasteiger partial charge in [-0.15, -0.1) is 0 Å². The van der Waals surface area contributed by atoms with E-state index < -0.39 is 0 Å². The SMILES string of the molecule is CCNC1CCCc2cn(Cc3ccccc3Cl)cc21. The molecule has 0 radical (unpaired) electrons. The fourth-order valence-electron chi connectivity index (χ4n) is 3.12. The molecule has 0 amide bonds. The van der Waals surface area contributed by atoms with E-state index in [1.807, 2.05) is 18.2 Å². The molecule has 106 valence electrons. The number of halogens is 1. The van der Waals surface area contributed by atoms with Crippen molar-refractivity contribution in [3.63, 3.8) is 0 Å². The first-order valence-electron chi connectivity index (χ1n) is 7.43. The van der Waals surface area contributed by atoms with E-state index in [1.165, 1.54) is 36.0 Å². The first-order valence-corrected chi connectivity index (χ1v) is 7.81. The van der Waals surface area contributed by atoms with E-state index in [2.05, 4.69) is 35.3 Å². The van der Waals surface area contributed by atoms with Crippen LogP contribution in [0.25, 0.3) is 0 Å². The predicted octanol–water partition coefficient (Wildman–Crippen LogP) is 4.18. The van der Waals surface area contributed by atoms with Crippen molar-refractivity contribution >= 4 is 11.6 Å². The molecular formula is C17H21ClN2. The van der Waals surface area contributed by atoms with Gasteiger partial charge in [0.25, 0.3) is 0 Å². The van der Waals surface area contributed by atoms with Gasteiger partial charge >= 0.3 is 0 Å². The maximum absolute atomic E-state index is 6.25. The lowest BCUT2D eigenvalue weighted by molar-refractivity contribution is 0.473. The van der Waals surface area contributed by atoms with E-state index in [0.717, 1.165) is 18.1 Å². The molecule has 0 aliphatic heterocycles. The Morgan fingerprint density at radius 2 is 2.15 bits per heavy atom. The Balaban J connectivity index is 1.84. The zero-order valence-corrected chi connectivity index (χ0v) is 12.7. The zero-order chi connectivity index (χ0) is 13.9. The highest BCUT2D eigenvalue weighted by atomic mass is 35.5. The minimum Gasteiger partial charge on any atom is -0.349 e. The average molecular weight is 289 g/mol. The van der Waals surface area contributed by atoms with Gasteiger partial charge in [0.05, 0.1) is 0 Å². The third-order valence-electron chi connectivity index (χ3n) is 4.07. The summed E-state index contributed by atoms with van der Waals surface area (Å²) in [4.78, 5) is 0. The second kappa shape index (κ2) is 6.02. The summed E-state index contributed by atoms with van der Waals surface area (Å²) in [6, 6.07) is 8.61. The van der Waals surface area contributed by atoms with Gasteiger partial charge in [-0.2, -0.15) is 0 Å². The molecule has 1 aromatic carbocycles. The largest absolute Gasteiger partial charge is 0.349 e. The molecule has 1 unspecified atom stereocenters. The van der Waals surface area contributed by atoms with Crippen LogP contribution in [-0.4, -0.2) is 11.1 Å². The fourth-order valence-corrected chi connectivity index (χ4v) is 3.32. The van der Waals surface area contributed by atoms with Crippen molar-refractivity contribution in [1.29, 1.82) is 0 Å². The Kier molecular flexibility index (Phi) is 4.13. The van der Waals surface area contributed by atoms with Crippen LogP contribution in [0, 0.1) is 0 Å². The second-order valence-corrected chi connectivity index (χ2v) is 5.91. The number of nitrogens with zero attached hydrogens (tertiary/aromatic N) is 1. The Hall–Kier alpha value is -1.25. The van der Waals surface area contributed by atoms with Crippen LogP contribution in [0.4, 0.5) is 0 Å². The van der Waals surface area contributed by atoms with Gasteiger partial charge in [-0.3, -0.25) is 0 Å². The summed E-state index contributed by atoms with van der Waals surface area (Å²) >= 11 is 6.25. The standard InChI is InChI=1S/C17H21ClN2/c1-2-19-17-9-5-7-13-10-20(12-15(13)17)11-14-6-3-4-8-16(14)18/h3-4,6,8,10,12,17,19H,2,5,7,9,11H2,1H3. The molecule has 1 aromatic heterocycles. The molecule has 1 N–H and O–H groups in total. The third kappa shape index (κ3) is 2.77. The van der Waals surface area contributed by atoms with Crippen LogP contribution in [0.1, 0.15) is 42.5 Å². The lowest BCUT2D eigenvalue weighted by atomic mass is 9.91. The summed E-state index contributed by atoms with van der Waals surface area (Å²) in [5.41, 5.74) is 4.15. The van der Waals surface area contributed by atoms with Crippen molar-refractivity contribution in [1.82, 2.24) is 9.88 Å². The van der Waals surface area contributed by atoms with Gasteiger partial charge in [-0.25, -0.2) is 0 Å². The monoisotopic (exact) mass is 288 g/mol. The Morgan fingerprint density at radius 3 is 2.95 bits per heavy atom. The number of nitrogens with one attached hydrogen (secondary N) is 1. The van der Waals surface area contributed by atoms with Crippen molar-refractivity contribution < 1.29 is 0 Å². The maximum Gasteiger partial charge on any atom is 0.0485 e. The minimum absolute atomic E-state index is 0.524. The first-order chi connectivity index (χ1) is 9.78. The molecule has 1 heterocycles. The smallest absolute Gasteiger partial charge is 0.0485 e. The Labute approximate surface area is 125 Å². The number of hydrogen-bond acceptors (Lipinski definition) is 1. The summed E-state index contributed by atoms with van der Waals surface area (Å²) in [5, 5.41) is 4.44. The molecule has 20 heavy (non-hydrogen) atoms. The molecular weight excluding hydrogens is 268 g/mol. The molecule has 1 aliphatic carbocycles. The molecule has 3 heteroatoms. The van der Waals surface area contributed by atoms with Gasteiger partial charge in [0, 0.05) is 30.0 Å². The third-order valence-corrected chi connectivity index (χ3v) is 4.44. The number of aryl methyl sites for hydroxylation is 1. The molecule has 3 rings (SSSR count). The van der Waals surface area contributed by atoms with Crippen molar-refractivity contribution in [3.8, 4) is 0 Å². The lowest BCUT2D eigenvalue weighted by Crippen LogP contribution is -2.23. The first kappa shape index (κ1) is 13.7. The van der Waals surface area contributed by atoms with Crippen LogP contribution in [0.3, 0.4) is 0 Å². The van der Waals surface area contributed by atoms with Crippen LogP contribution in [0.2, 0.25) is 5.02 Å². The summed E-state index contributed by atoms with van der Waals surface area (Å²) in [7, 11) is 0. The van der Waals surface area contributed by atoms with E-state index in [4.69, 9.17) is 11.6 Å². The normalized spacial score (nSPS) is 18.0. The molecule has 1 atom stereocenters. The minimum atomic E-state index is 0.524. The fraction of sp³-hybridized carbons (Fsp3) is 0.412. The second-order valence-electron chi connectivity index (χ2n) is 5.51. The summed E-state index contributed by atoms with van der Waals surface area (Å²) < 4.78 is 2.28. The molecule has 0 fully saturated rings. The lowest BCUT2D eigenvalue weighted by Gasteiger charge is -2.22. The van der Waals surface area contributed by atoms with Crippen LogP contribution in [0.15, 0.2) is 36.7 Å². The maximum atomic E-state index is 6.25. The average Bonchev–Trinajstić information content (AvgIpc) is 2.85. The van der Waals surface area contributed by atoms with Crippen LogP contribution in [-0.2, 0) is 13.0 Å². The van der Waals surface area contributed by atoms with Gasteiger partial charge in [0.1, 0.15) is 0 Å². The van der Waals surface area contributed by atoms with E-state index >= 15 is 0 Å². The highest BCUT2D eigenvalue weighted by molar-refractivity contribution is 6.31. The van der Waals surface area contributed by atoms with Crippen molar-refractivity contribution in [2.24, 2.45) is 0 Å². The molecule has 1 aliphatic rings. The molecule has 2 nitrogen and oxygen atoms in total. The van der Waals surface area contributed by atoms with Gasteiger partial charge in [0.2, 0.25) is 0 Å². The summed E-state index contributed by atoms with van der Waals surface area (Å²) in [6.07, 6.45) is 8.32. The summed E-state index contributed by atoms with van der Waals surface area (Å²) in [6.45, 7) is 4.06.